The van der Waals surface area contributed by atoms with E-state index in [-0.39, 0.29) is 11.7 Å². The first-order valence-corrected chi connectivity index (χ1v) is 6.66. The third-order valence-electron chi connectivity index (χ3n) is 3.40. The van der Waals surface area contributed by atoms with Crippen molar-refractivity contribution < 1.29 is 23.1 Å². The van der Waals surface area contributed by atoms with Crippen LogP contribution in [0, 0.1) is 11.6 Å². The predicted octanol–water partition coefficient (Wildman–Crippen LogP) is 2.82. The maximum Gasteiger partial charge on any atom is 0.340 e. The Balaban J connectivity index is 2.11. The third kappa shape index (κ3) is 3.68. The van der Waals surface area contributed by atoms with E-state index in [1.807, 2.05) is 0 Å². The number of nitrogens with one attached hydrogen (secondary N) is 2. The van der Waals surface area contributed by atoms with Gasteiger partial charge >= 0.3 is 12.0 Å². The maximum atomic E-state index is 13.6. The van der Waals surface area contributed by atoms with Crippen molar-refractivity contribution in [3.8, 4) is 0 Å². The number of benzene rings is 1. The molecule has 1 aromatic carbocycles. The molecule has 0 atom stereocenters. The summed E-state index contributed by atoms with van der Waals surface area (Å²) in [6.07, 6.45) is 3.85. The number of hydrogen-bond acceptors (Lipinski definition) is 3. The first-order valence-electron chi connectivity index (χ1n) is 6.66. The molecule has 5 nitrogen and oxygen atoms in total. The van der Waals surface area contributed by atoms with Crippen LogP contribution in [0.2, 0.25) is 0 Å². The van der Waals surface area contributed by atoms with E-state index < -0.39 is 29.2 Å². The minimum Gasteiger partial charge on any atom is -0.465 e. The number of rotatable bonds is 3. The number of esters is 1. The van der Waals surface area contributed by atoms with Crippen LogP contribution in [0.5, 0.6) is 0 Å². The van der Waals surface area contributed by atoms with E-state index in [2.05, 4.69) is 15.4 Å². The van der Waals surface area contributed by atoms with E-state index in [0.717, 1.165) is 38.9 Å². The SMILES string of the molecule is COC(=O)c1cc(NC(=O)NC2CCCC2)c(F)cc1F. The van der Waals surface area contributed by atoms with Crippen LogP contribution in [0.1, 0.15) is 36.0 Å². The summed E-state index contributed by atoms with van der Waals surface area (Å²) in [7, 11) is 1.09. The lowest BCUT2D eigenvalue weighted by molar-refractivity contribution is 0.0595. The van der Waals surface area contributed by atoms with Crippen LogP contribution >= 0.6 is 0 Å². The van der Waals surface area contributed by atoms with Crippen molar-refractivity contribution in [3.63, 3.8) is 0 Å². The Hall–Kier alpha value is -2.18. The van der Waals surface area contributed by atoms with Crippen molar-refractivity contribution in [2.75, 3.05) is 12.4 Å². The highest BCUT2D eigenvalue weighted by molar-refractivity contribution is 5.94. The molecule has 0 saturated heterocycles. The summed E-state index contributed by atoms with van der Waals surface area (Å²) in [5.74, 6) is -2.94. The molecule has 1 fully saturated rings. The molecule has 0 spiro atoms. The quantitative estimate of drug-likeness (QED) is 0.843. The van der Waals surface area contributed by atoms with Crippen LogP contribution in [0.15, 0.2) is 12.1 Å². The minimum absolute atomic E-state index is 0.0635. The molecular formula is C14H16F2N2O3. The van der Waals surface area contributed by atoms with Gasteiger partial charge in [-0.05, 0) is 18.9 Å². The Morgan fingerprint density at radius 1 is 1.19 bits per heavy atom. The largest absolute Gasteiger partial charge is 0.465 e. The number of amides is 2. The highest BCUT2D eigenvalue weighted by atomic mass is 19.1. The molecule has 7 heteroatoms. The number of urea groups is 1. The van der Waals surface area contributed by atoms with Gasteiger partial charge in [-0.3, -0.25) is 0 Å². The zero-order chi connectivity index (χ0) is 15.4. The van der Waals surface area contributed by atoms with Crippen LogP contribution in [-0.4, -0.2) is 25.2 Å². The van der Waals surface area contributed by atoms with Crippen molar-refractivity contribution in [2.45, 2.75) is 31.7 Å². The van der Waals surface area contributed by atoms with Gasteiger partial charge in [0.25, 0.3) is 0 Å². The van der Waals surface area contributed by atoms with Crippen molar-refractivity contribution in [3.05, 3.63) is 29.3 Å². The molecule has 21 heavy (non-hydrogen) atoms. The lowest BCUT2D eigenvalue weighted by Gasteiger charge is -2.14. The van der Waals surface area contributed by atoms with Crippen LogP contribution < -0.4 is 10.6 Å². The summed E-state index contributed by atoms with van der Waals surface area (Å²) in [4.78, 5) is 23.1. The molecular weight excluding hydrogens is 282 g/mol. The van der Waals surface area contributed by atoms with Gasteiger partial charge in [0.1, 0.15) is 11.6 Å². The average molecular weight is 298 g/mol. The number of ether oxygens (including phenoxy) is 1. The number of methoxy groups -OCH3 is 1. The second kappa shape index (κ2) is 6.51. The second-order valence-electron chi connectivity index (χ2n) is 4.88. The standard InChI is InChI=1S/C14H16F2N2O3/c1-21-13(19)9-6-12(11(16)7-10(9)15)18-14(20)17-8-4-2-3-5-8/h6-8H,2-5H2,1H3,(H2,17,18,20). The molecule has 2 amide bonds. The first kappa shape index (κ1) is 15.2. The molecule has 2 rings (SSSR count). The Morgan fingerprint density at radius 3 is 2.48 bits per heavy atom. The number of halogens is 2. The number of carbonyl (C=O) groups excluding carboxylic acids is 2. The molecule has 0 heterocycles. The van der Waals surface area contributed by atoms with Gasteiger partial charge in [-0.2, -0.15) is 0 Å². The summed E-state index contributed by atoms with van der Waals surface area (Å²) in [6.45, 7) is 0. The molecule has 1 aliphatic carbocycles. The molecule has 114 valence electrons. The van der Waals surface area contributed by atoms with E-state index in [9.17, 15) is 18.4 Å². The third-order valence-corrected chi connectivity index (χ3v) is 3.40. The van der Waals surface area contributed by atoms with E-state index in [1.54, 1.807) is 0 Å². The van der Waals surface area contributed by atoms with Gasteiger partial charge in [0.2, 0.25) is 0 Å². The summed E-state index contributed by atoms with van der Waals surface area (Å²) in [5, 5.41) is 4.99. The van der Waals surface area contributed by atoms with Gasteiger partial charge < -0.3 is 15.4 Å². The summed E-state index contributed by atoms with van der Waals surface area (Å²) >= 11 is 0. The fourth-order valence-corrected chi connectivity index (χ4v) is 2.33. The molecule has 0 radical (unpaired) electrons. The topological polar surface area (TPSA) is 67.4 Å². The minimum atomic E-state index is -1.04. The molecule has 0 bridgehead atoms. The van der Waals surface area contributed by atoms with Crippen LogP contribution in [0.4, 0.5) is 19.3 Å². The molecule has 1 aliphatic rings. The zero-order valence-corrected chi connectivity index (χ0v) is 11.5. The number of hydrogen-bond donors (Lipinski definition) is 2. The monoisotopic (exact) mass is 298 g/mol. The molecule has 2 N–H and O–H groups in total. The summed E-state index contributed by atoms with van der Waals surface area (Å²) < 4.78 is 31.5. The van der Waals surface area contributed by atoms with Crippen LogP contribution in [-0.2, 0) is 4.74 Å². The smallest absolute Gasteiger partial charge is 0.340 e. The van der Waals surface area contributed by atoms with Crippen LogP contribution in [0.3, 0.4) is 0 Å². The van der Waals surface area contributed by atoms with Crippen molar-refractivity contribution in [2.24, 2.45) is 0 Å². The molecule has 0 aliphatic heterocycles. The summed E-state index contributed by atoms with van der Waals surface area (Å²) in [6, 6.07) is 0.944. The number of carbonyl (C=O) groups is 2. The summed E-state index contributed by atoms with van der Waals surface area (Å²) in [5.41, 5.74) is -0.706. The lowest BCUT2D eigenvalue weighted by Crippen LogP contribution is -2.36. The van der Waals surface area contributed by atoms with Gasteiger partial charge in [0, 0.05) is 12.1 Å². The van der Waals surface area contributed by atoms with E-state index in [4.69, 9.17) is 0 Å². The highest BCUT2D eigenvalue weighted by Gasteiger charge is 2.20. The molecule has 0 unspecified atom stereocenters. The average Bonchev–Trinajstić information content (AvgIpc) is 2.93. The Bertz CT molecular complexity index is 557. The van der Waals surface area contributed by atoms with Gasteiger partial charge in [0.05, 0.1) is 18.4 Å². The second-order valence-corrected chi connectivity index (χ2v) is 4.88. The van der Waals surface area contributed by atoms with E-state index >= 15 is 0 Å². The first-order chi connectivity index (χ1) is 10.0. The highest BCUT2D eigenvalue weighted by Crippen LogP contribution is 2.21. The Morgan fingerprint density at radius 2 is 1.86 bits per heavy atom. The van der Waals surface area contributed by atoms with Crippen LogP contribution in [0.25, 0.3) is 0 Å². The fraction of sp³-hybridized carbons (Fsp3) is 0.429. The van der Waals surface area contributed by atoms with Gasteiger partial charge in [-0.15, -0.1) is 0 Å². The Kier molecular flexibility index (Phi) is 4.72. The predicted molar refractivity (Wildman–Crippen MR) is 72.1 cm³/mol. The van der Waals surface area contributed by atoms with Crippen molar-refractivity contribution >= 4 is 17.7 Å². The fourth-order valence-electron chi connectivity index (χ4n) is 2.33. The number of anilines is 1. The van der Waals surface area contributed by atoms with Gasteiger partial charge in [0.15, 0.2) is 0 Å². The molecule has 0 aromatic heterocycles. The zero-order valence-electron chi connectivity index (χ0n) is 11.5. The molecule has 1 saturated carbocycles. The normalized spacial score (nSPS) is 14.8. The Labute approximate surface area is 120 Å². The van der Waals surface area contributed by atoms with Crippen molar-refractivity contribution in [1.82, 2.24) is 5.32 Å². The maximum absolute atomic E-state index is 13.6. The van der Waals surface area contributed by atoms with E-state index in [1.165, 1.54) is 0 Å². The van der Waals surface area contributed by atoms with Gasteiger partial charge in [-0.25, -0.2) is 18.4 Å². The van der Waals surface area contributed by atoms with Crippen molar-refractivity contribution in [1.29, 1.82) is 0 Å². The van der Waals surface area contributed by atoms with Gasteiger partial charge in [-0.1, -0.05) is 12.8 Å². The lowest BCUT2D eigenvalue weighted by atomic mass is 10.2. The molecule has 1 aromatic rings. The van der Waals surface area contributed by atoms with E-state index in [0.29, 0.717) is 6.07 Å².